The third-order valence-corrected chi connectivity index (χ3v) is 3.14. The van der Waals surface area contributed by atoms with Gasteiger partial charge >= 0.3 is 0 Å². The van der Waals surface area contributed by atoms with Crippen LogP contribution in [0.3, 0.4) is 0 Å². The Hall–Kier alpha value is -2.34. The average molecular weight is 289 g/mol. The number of rotatable bonds is 5. The Balaban J connectivity index is 2.65. The zero-order valence-electron chi connectivity index (χ0n) is 12.6. The first-order valence-electron chi connectivity index (χ1n) is 6.57. The van der Waals surface area contributed by atoms with Crippen molar-refractivity contribution < 1.29 is 9.47 Å². The molecule has 21 heavy (non-hydrogen) atoms. The first kappa shape index (κ1) is 15.1. The molecule has 1 aromatic heterocycles. The number of benzene rings is 1. The minimum atomic E-state index is -0.0834. The Morgan fingerprint density at radius 3 is 2.62 bits per heavy atom. The lowest BCUT2D eigenvalue weighted by atomic mass is 10.2. The molecule has 2 aromatic rings. The molecule has 0 radical (unpaired) electrons. The quantitative estimate of drug-likeness (QED) is 0.898. The first-order valence-corrected chi connectivity index (χ1v) is 6.57. The summed E-state index contributed by atoms with van der Waals surface area (Å²) < 4.78 is 12.3. The smallest absolute Gasteiger partial charge is 0.204 e. The molecule has 0 aliphatic carbocycles. The molecule has 0 unspecified atom stereocenters. The number of methoxy groups -OCH3 is 2. The van der Waals surface area contributed by atoms with Crippen LogP contribution in [0.1, 0.15) is 11.4 Å². The fraction of sp³-hybridized carbons (Fsp3) is 0.333. The third kappa shape index (κ3) is 3.05. The van der Waals surface area contributed by atoms with Gasteiger partial charge in [-0.2, -0.15) is 5.10 Å². The predicted molar refractivity (Wildman–Crippen MR) is 80.4 cm³/mol. The fourth-order valence-electron chi connectivity index (χ4n) is 2.08. The molecule has 6 nitrogen and oxygen atoms in total. The standard InChI is InChI=1S/C15H19N3O3/c1-10-7-14(19)12(9-16-2)17-18(10)13-8-11(20-3)5-6-15(13)21-4/h5-8,16H,9H2,1-4H3. The van der Waals surface area contributed by atoms with Crippen LogP contribution in [0.15, 0.2) is 29.1 Å². The van der Waals surface area contributed by atoms with Gasteiger partial charge in [-0.3, -0.25) is 4.79 Å². The van der Waals surface area contributed by atoms with Gasteiger partial charge in [0.2, 0.25) is 5.43 Å². The second kappa shape index (κ2) is 6.41. The van der Waals surface area contributed by atoms with E-state index in [2.05, 4.69) is 10.4 Å². The number of hydrogen-bond acceptors (Lipinski definition) is 5. The summed E-state index contributed by atoms with van der Waals surface area (Å²) in [5, 5.41) is 7.36. The second-order valence-electron chi connectivity index (χ2n) is 4.58. The monoisotopic (exact) mass is 289 g/mol. The molecule has 1 aromatic carbocycles. The topological polar surface area (TPSA) is 65.4 Å². The highest BCUT2D eigenvalue weighted by Crippen LogP contribution is 2.27. The first-order chi connectivity index (χ1) is 10.1. The highest BCUT2D eigenvalue weighted by atomic mass is 16.5. The molecule has 1 heterocycles. The van der Waals surface area contributed by atoms with Gasteiger partial charge in [0, 0.05) is 24.4 Å². The highest BCUT2D eigenvalue weighted by Gasteiger charge is 2.12. The Labute approximate surface area is 123 Å². The molecule has 112 valence electrons. The van der Waals surface area contributed by atoms with Crippen LogP contribution in [0.25, 0.3) is 5.69 Å². The summed E-state index contributed by atoms with van der Waals surface area (Å²) in [4.78, 5) is 11.9. The van der Waals surface area contributed by atoms with Crippen molar-refractivity contribution in [3.8, 4) is 17.2 Å². The molecule has 0 saturated carbocycles. The average Bonchev–Trinajstić information content (AvgIpc) is 2.49. The zero-order chi connectivity index (χ0) is 15.4. The molecular weight excluding hydrogens is 270 g/mol. The van der Waals surface area contributed by atoms with E-state index in [0.717, 1.165) is 11.4 Å². The molecule has 0 amide bonds. The molecule has 0 atom stereocenters. The van der Waals surface area contributed by atoms with E-state index < -0.39 is 0 Å². The van der Waals surface area contributed by atoms with Crippen molar-refractivity contribution >= 4 is 0 Å². The number of aryl methyl sites for hydroxylation is 1. The summed E-state index contributed by atoms with van der Waals surface area (Å²) in [6, 6.07) is 7.02. The van der Waals surface area contributed by atoms with E-state index in [9.17, 15) is 4.79 Å². The molecule has 1 N–H and O–H groups in total. The van der Waals surface area contributed by atoms with Crippen LogP contribution in [-0.4, -0.2) is 31.0 Å². The number of nitrogens with zero attached hydrogens (tertiary/aromatic N) is 2. The highest BCUT2D eigenvalue weighted by molar-refractivity contribution is 5.51. The Morgan fingerprint density at radius 1 is 1.24 bits per heavy atom. The maximum absolute atomic E-state index is 11.9. The van der Waals surface area contributed by atoms with Crippen LogP contribution >= 0.6 is 0 Å². The van der Waals surface area contributed by atoms with Gasteiger partial charge in [-0.05, 0) is 26.1 Å². The third-order valence-electron chi connectivity index (χ3n) is 3.14. The van der Waals surface area contributed by atoms with Crippen molar-refractivity contribution in [2.45, 2.75) is 13.5 Å². The van der Waals surface area contributed by atoms with Gasteiger partial charge in [-0.1, -0.05) is 0 Å². The Kier molecular flexibility index (Phi) is 4.59. The summed E-state index contributed by atoms with van der Waals surface area (Å²) in [6.45, 7) is 2.24. The molecule has 2 rings (SSSR count). The molecule has 6 heteroatoms. The summed E-state index contributed by atoms with van der Waals surface area (Å²) >= 11 is 0. The van der Waals surface area contributed by atoms with Crippen LogP contribution in [0.2, 0.25) is 0 Å². The van der Waals surface area contributed by atoms with Crippen molar-refractivity contribution in [3.05, 3.63) is 45.9 Å². The Morgan fingerprint density at radius 2 is 2.00 bits per heavy atom. The molecular formula is C15H19N3O3. The molecule has 0 spiro atoms. The van der Waals surface area contributed by atoms with Crippen LogP contribution in [-0.2, 0) is 6.54 Å². The molecule has 0 fully saturated rings. The van der Waals surface area contributed by atoms with E-state index in [4.69, 9.17) is 9.47 Å². The van der Waals surface area contributed by atoms with Gasteiger partial charge in [0.05, 0.1) is 14.2 Å². The molecule has 0 saturated heterocycles. The van der Waals surface area contributed by atoms with E-state index in [0.29, 0.717) is 23.7 Å². The van der Waals surface area contributed by atoms with Gasteiger partial charge in [0.15, 0.2) is 0 Å². The molecule has 0 aliphatic heterocycles. The van der Waals surface area contributed by atoms with Crippen LogP contribution in [0, 0.1) is 6.92 Å². The predicted octanol–water partition coefficient (Wildman–Crippen LogP) is 1.28. The van der Waals surface area contributed by atoms with Crippen LogP contribution in [0.5, 0.6) is 11.5 Å². The van der Waals surface area contributed by atoms with Gasteiger partial charge in [-0.25, -0.2) is 4.68 Å². The molecule has 0 aliphatic rings. The maximum Gasteiger partial charge on any atom is 0.204 e. The Bertz CT molecular complexity index is 695. The zero-order valence-corrected chi connectivity index (χ0v) is 12.6. The van der Waals surface area contributed by atoms with E-state index in [1.807, 2.05) is 25.1 Å². The van der Waals surface area contributed by atoms with Crippen LogP contribution in [0.4, 0.5) is 0 Å². The number of aromatic nitrogens is 2. The van der Waals surface area contributed by atoms with E-state index in [-0.39, 0.29) is 5.43 Å². The summed E-state index contributed by atoms with van der Waals surface area (Å²) in [5.74, 6) is 1.35. The lowest BCUT2D eigenvalue weighted by molar-refractivity contribution is 0.400. The lowest BCUT2D eigenvalue weighted by Crippen LogP contribution is -2.23. The number of hydrogen-bond donors (Lipinski definition) is 1. The van der Waals surface area contributed by atoms with Crippen molar-refractivity contribution in [2.24, 2.45) is 0 Å². The number of nitrogens with one attached hydrogen (secondary N) is 1. The van der Waals surface area contributed by atoms with Crippen molar-refractivity contribution in [1.29, 1.82) is 0 Å². The van der Waals surface area contributed by atoms with E-state index in [1.54, 1.807) is 32.0 Å². The van der Waals surface area contributed by atoms with Crippen molar-refractivity contribution in [2.75, 3.05) is 21.3 Å². The summed E-state index contributed by atoms with van der Waals surface area (Å²) in [7, 11) is 4.97. The van der Waals surface area contributed by atoms with E-state index in [1.165, 1.54) is 0 Å². The van der Waals surface area contributed by atoms with Gasteiger partial charge in [0.1, 0.15) is 22.9 Å². The minimum absolute atomic E-state index is 0.0834. The van der Waals surface area contributed by atoms with Crippen molar-refractivity contribution in [3.63, 3.8) is 0 Å². The van der Waals surface area contributed by atoms with Crippen LogP contribution < -0.4 is 20.2 Å². The van der Waals surface area contributed by atoms with E-state index >= 15 is 0 Å². The number of ether oxygens (including phenoxy) is 2. The summed E-state index contributed by atoms with van der Waals surface area (Å²) in [6.07, 6.45) is 0. The fourth-order valence-corrected chi connectivity index (χ4v) is 2.08. The lowest BCUT2D eigenvalue weighted by Gasteiger charge is -2.15. The van der Waals surface area contributed by atoms with Gasteiger partial charge < -0.3 is 14.8 Å². The van der Waals surface area contributed by atoms with Gasteiger partial charge in [0.25, 0.3) is 0 Å². The minimum Gasteiger partial charge on any atom is -0.497 e. The van der Waals surface area contributed by atoms with Gasteiger partial charge in [-0.15, -0.1) is 0 Å². The second-order valence-corrected chi connectivity index (χ2v) is 4.58. The maximum atomic E-state index is 11.9. The van der Waals surface area contributed by atoms with Crippen molar-refractivity contribution in [1.82, 2.24) is 15.1 Å². The summed E-state index contributed by atoms with van der Waals surface area (Å²) in [5.41, 5.74) is 1.83. The SMILES string of the molecule is CNCc1nn(-c2cc(OC)ccc2OC)c(C)cc1=O. The largest absolute Gasteiger partial charge is 0.497 e. The normalized spacial score (nSPS) is 10.5. The molecule has 0 bridgehead atoms.